The lowest BCUT2D eigenvalue weighted by Crippen LogP contribution is -2.41. The van der Waals surface area contributed by atoms with E-state index in [0.717, 1.165) is 45.6 Å². The van der Waals surface area contributed by atoms with Crippen LogP contribution in [0.15, 0.2) is 0 Å². The second kappa shape index (κ2) is 7.07. The van der Waals surface area contributed by atoms with Crippen LogP contribution in [0, 0.1) is 5.92 Å². The fourth-order valence-corrected chi connectivity index (χ4v) is 4.30. The van der Waals surface area contributed by atoms with E-state index in [0.29, 0.717) is 23.9 Å². The molecule has 3 fully saturated rings. The molecule has 3 aliphatic heterocycles. The predicted octanol–water partition coefficient (Wildman–Crippen LogP) is 0.434. The quantitative estimate of drug-likeness (QED) is 0.790. The number of carbonyl (C=O) groups is 1. The second-order valence-corrected chi connectivity index (χ2v) is 6.98. The van der Waals surface area contributed by atoms with Crippen LogP contribution in [0.3, 0.4) is 0 Å². The Hall–Kier alpha value is -0.650. The first kappa shape index (κ1) is 15.3. The van der Waals surface area contributed by atoms with Crippen molar-refractivity contribution < 1.29 is 9.90 Å². The Morgan fingerprint density at radius 3 is 2.57 bits per heavy atom. The summed E-state index contributed by atoms with van der Waals surface area (Å²) in [6, 6.07) is 1.34. The van der Waals surface area contributed by atoms with Crippen LogP contribution in [0.5, 0.6) is 0 Å². The zero-order valence-corrected chi connectivity index (χ0v) is 13.0. The van der Waals surface area contributed by atoms with Gasteiger partial charge in [-0.05, 0) is 44.6 Å². The molecule has 3 aliphatic rings. The molecule has 0 spiro atoms. The van der Waals surface area contributed by atoms with Crippen molar-refractivity contribution in [1.29, 1.82) is 0 Å². The molecule has 2 N–H and O–H groups in total. The van der Waals surface area contributed by atoms with Crippen LogP contribution in [0.25, 0.3) is 0 Å². The minimum atomic E-state index is 0.214. The number of carbonyl (C=O) groups excluding carboxylic acids is 1. The van der Waals surface area contributed by atoms with Gasteiger partial charge in [0.25, 0.3) is 0 Å². The molecule has 0 saturated carbocycles. The molecule has 2 unspecified atom stereocenters. The summed E-state index contributed by atoms with van der Waals surface area (Å²) in [7, 11) is 0. The Bertz CT molecular complexity index is 351. The van der Waals surface area contributed by atoms with Crippen molar-refractivity contribution in [3.05, 3.63) is 0 Å². The zero-order valence-electron chi connectivity index (χ0n) is 13.0. The van der Waals surface area contributed by atoms with Crippen molar-refractivity contribution in [2.24, 2.45) is 5.92 Å². The smallest absolute Gasteiger partial charge is 0.222 e. The van der Waals surface area contributed by atoms with Crippen LogP contribution < -0.4 is 5.32 Å². The second-order valence-electron chi connectivity index (χ2n) is 6.98. The van der Waals surface area contributed by atoms with E-state index in [1.807, 2.05) is 0 Å². The minimum Gasteiger partial charge on any atom is -0.395 e. The van der Waals surface area contributed by atoms with Crippen molar-refractivity contribution in [2.75, 3.05) is 39.3 Å². The Morgan fingerprint density at radius 1 is 1.10 bits per heavy atom. The van der Waals surface area contributed by atoms with E-state index in [4.69, 9.17) is 5.11 Å². The summed E-state index contributed by atoms with van der Waals surface area (Å²) in [5, 5.41) is 12.7. The maximum atomic E-state index is 12.6. The normalized spacial score (nSPS) is 34.0. The van der Waals surface area contributed by atoms with Crippen molar-refractivity contribution in [2.45, 2.75) is 50.6 Å². The fraction of sp³-hybridized carbons (Fsp3) is 0.938. The number of hydrogen-bond donors (Lipinski definition) is 2. The Kier molecular flexibility index (Phi) is 5.14. The molecule has 2 bridgehead atoms. The average Bonchev–Trinajstić information content (AvgIpc) is 2.68. The summed E-state index contributed by atoms with van der Waals surface area (Å²) < 4.78 is 0. The minimum absolute atomic E-state index is 0.214. The van der Waals surface area contributed by atoms with E-state index in [1.54, 1.807) is 0 Å². The first-order valence-corrected chi connectivity index (χ1v) is 8.61. The lowest BCUT2D eigenvalue weighted by Gasteiger charge is -2.30. The molecule has 5 heteroatoms. The summed E-state index contributed by atoms with van der Waals surface area (Å²) in [5.74, 6) is 0.945. The number of fused-ring (bicyclic) bond motifs is 2. The van der Waals surface area contributed by atoms with Gasteiger partial charge in [0.15, 0.2) is 0 Å². The number of aliphatic hydroxyl groups excluding tert-OH is 1. The van der Waals surface area contributed by atoms with Crippen molar-refractivity contribution in [3.8, 4) is 0 Å². The van der Waals surface area contributed by atoms with Gasteiger partial charge in [-0.15, -0.1) is 0 Å². The van der Waals surface area contributed by atoms with Gasteiger partial charge >= 0.3 is 0 Å². The topological polar surface area (TPSA) is 55.8 Å². The fourth-order valence-electron chi connectivity index (χ4n) is 4.30. The molecular weight excluding hydrogens is 266 g/mol. The van der Waals surface area contributed by atoms with Crippen molar-refractivity contribution in [3.63, 3.8) is 0 Å². The number of rotatable bonds is 4. The maximum absolute atomic E-state index is 12.6. The first-order chi connectivity index (χ1) is 10.2. The lowest BCUT2D eigenvalue weighted by atomic mass is 9.89. The number of nitrogens with one attached hydrogen (secondary N) is 1. The molecule has 120 valence electrons. The highest BCUT2D eigenvalue weighted by Crippen LogP contribution is 2.33. The average molecular weight is 295 g/mol. The van der Waals surface area contributed by atoms with Gasteiger partial charge in [-0.2, -0.15) is 0 Å². The molecule has 3 rings (SSSR count). The van der Waals surface area contributed by atoms with Gasteiger partial charge in [0.1, 0.15) is 0 Å². The third-order valence-electron chi connectivity index (χ3n) is 5.39. The molecule has 5 nitrogen and oxygen atoms in total. The third-order valence-corrected chi connectivity index (χ3v) is 5.39. The number of aliphatic hydroxyl groups is 1. The number of hydrogen-bond acceptors (Lipinski definition) is 4. The molecular formula is C16H29N3O2. The van der Waals surface area contributed by atoms with E-state index < -0.39 is 0 Å². The number of β-amino-alcohol motifs (C(OH)–C–C–N with tert-alkyl or cyclic N) is 1. The highest BCUT2D eigenvalue weighted by molar-refractivity contribution is 5.76. The van der Waals surface area contributed by atoms with Gasteiger partial charge in [-0.25, -0.2) is 0 Å². The molecule has 21 heavy (non-hydrogen) atoms. The molecule has 0 aromatic carbocycles. The van der Waals surface area contributed by atoms with Crippen LogP contribution in [0.4, 0.5) is 0 Å². The Labute approximate surface area is 127 Å². The van der Waals surface area contributed by atoms with Crippen LogP contribution >= 0.6 is 0 Å². The highest BCUT2D eigenvalue weighted by Gasteiger charge is 2.34. The SMILES string of the molecule is O=C(CC1CC2CCC(C1)N2)N1CCCN(CCO)CC1. The van der Waals surface area contributed by atoms with Gasteiger partial charge in [0.2, 0.25) is 5.91 Å². The van der Waals surface area contributed by atoms with Gasteiger partial charge in [-0.1, -0.05) is 0 Å². The van der Waals surface area contributed by atoms with Crippen LogP contribution in [-0.2, 0) is 4.79 Å². The van der Waals surface area contributed by atoms with E-state index in [-0.39, 0.29) is 6.61 Å². The van der Waals surface area contributed by atoms with Crippen LogP contribution in [0.1, 0.15) is 38.5 Å². The molecule has 0 aromatic rings. The van der Waals surface area contributed by atoms with Gasteiger partial charge in [0.05, 0.1) is 6.61 Å². The molecule has 1 amide bonds. The monoisotopic (exact) mass is 295 g/mol. The Morgan fingerprint density at radius 2 is 1.86 bits per heavy atom. The predicted molar refractivity (Wildman–Crippen MR) is 82.0 cm³/mol. The molecule has 3 saturated heterocycles. The first-order valence-electron chi connectivity index (χ1n) is 8.61. The standard InChI is InChI=1S/C16H29N3O2/c20-9-8-18-4-1-5-19(7-6-18)16(21)12-13-10-14-2-3-15(11-13)17-14/h13-15,17,20H,1-12H2. The van der Waals surface area contributed by atoms with E-state index in [1.165, 1.54) is 25.7 Å². The van der Waals surface area contributed by atoms with E-state index in [2.05, 4.69) is 15.1 Å². The van der Waals surface area contributed by atoms with Gasteiger partial charge in [-0.3, -0.25) is 9.69 Å². The molecule has 0 aromatic heterocycles. The zero-order chi connectivity index (χ0) is 14.7. The molecule has 0 radical (unpaired) electrons. The van der Waals surface area contributed by atoms with Crippen LogP contribution in [-0.4, -0.2) is 72.2 Å². The summed E-state index contributed by atoms with van der Waals surface area (Å²) in [6.45, 7) is 4.58. The molecule has 3 heterocycles. The summed E-state index contributed by atoms with van der Waals surface area (Å²) in [6.07, 6.45) is 6.75. The van der Waals surface area contributed by atoms with E-state index >= 15 is 0 Å². The lowest BCUT2D eigenvalue weighted by molar-refractivity contribution is -0.132. The molecule has 0 aliphatic carbocycles. The number of piperidine rings is 1. The van der Waals surface area contributed by atoms with Crippen molar-refractivity contribution in [1.82, 2.24) is 15.1 Å². The van der Waals surface area contributed by atoms with Crippen LogP contribution in [0.2, 0.25) is 0 Å². The third kappa shape index (κ3) is 3.96. The van der Waals surface area contributed by atoms with Gasteiger partial charge in [0, 0.05) is 44.7 Å². The van der Waals surface area contributed by atoms with Gasteiger partial charge < -0.3 is 15.3 Å². The summed E-state index contributed by atoms with van der Waals surface area (Å²) in [4.78, 5) is 16.9. The number of amides is 1. The van der Waals surface area contributed by atoms with Crippen molar-refractivity contribution >= 4 is 5.91 Å². The molecule has 2 atom stereocenters. The Balaban J connectivity index is 1.46. The largest absolute Gasteiger partial charge is 0.395 e. The van der Waals surface area contributed by atoms with E-state index in [9.17, 15) is 4.79 Å². The summed E-state index contributed by atoms with van der Waals surface area (Å²) >= 11 is 0. The maximum Gasteiger partial charge on any atom is 0.222 e. The number of nitrogens with zero attached hydrogens (tertiary/aromatic N) is 2. The highest BCUT2D eigenvalue weighted by atomic mass is 16.3. The summed E-state index contributed by atoms with van der Waals surface area (Å²) in [5.41, 5.74) is 0.